The average Bonchev–Trinajstić information content (AvgIpc) is 2.42. The lowest BCUT2D eigenvalue weighted by Crippen LogP contribution is -2.03. The van der Waals surface area contributed by atoms with Crippen molar-refractivity contribution in [1.29, 1.82) is 0 Å². The van der Waals surface area contributed by atoms with E-state index in [9.17, 15) is 4.79 Å². The van der Waals surface area contributed by atoms with Gasteiger partial charge in [0.25, 0.3) is 0 Å². The molecule has 1 aromatic carbocycles. The van der Waals surface area contributed by atoms with Crippen LogP contribution in [0.15, 0.2) is 18.2 Å². The number of anilines is 1. The summed E-state index contributed by atoms with van der Waals surface area (Å²) >= 11 is 4.12. The summed E-state index contributed by atoms with van der Waals surface area (Å²) in [6, 6.07) is 5.67. The van der Waals surface area contributed by atoms with Gasteiger partial charge in [-0.2, -0.15) is 12.6 Å². The van der Waals surface area contributed by atoms with Crippen LogP contribution in [0.2, 0.25) is 0 Å². The molecule has 3 N–H and O–H groups in total. The number of nitrogens with one attached hydrogen (secondary N) is 1. The molecule has 0 fully saturated rings. The number of thiol groups is 1. The number of nitrogens with two attached hydrogens (primary N) is 1. The molecule has 2 rings (SSSR count). The zero-order chi connectivity index (χ0) is 9.42. The Morgan fingerprint density at radius 2 is 2.31 bits per heavy atom. The van der Waals surface area contributed by atoms with Crippen molar-refractivity contribution in [3.63, 3.8) is 0 Å². The molecular weight excluding hydrogens is 184 g/mol. The molecule has 0 aliphatic carbocycles. The molecule has 1 aromatic rings. The van der Waals surface area contributed by atoms with E-state index in [-0.39, 0.29) is 11.3 Å². The number of benzene rings is 1. The Morgan fingerprint density at radius 3 is 3.00 bits per heavy atom. The maximum Gasteiger partial charge on any atom is 0.228 e. The third-order valence-electron chi connectivity index (χ3n) is 2.10. The average molecular weight is 194 g/mol. The molecule has 4 heteroatoms. The molecule has 0 radical (unpaired) electrons. The molecular formula is C9H10N2OS. The van der Waals surface area contributed by atoms with Gasteiger partial charge in [0.05, 0.1) is 11.8 Å². The number of amides is 1. The lowest BCUT2D eigenvalue weighted by atomic mass is 10.1. The van der Waals surface area contributed by atoms with E-state index < -0.39 is 0 Å². The highest BCUT2D eigenvalue weighted by Crippen LogP contribution is 2.26. The molecule has 1 aliphatic heterocycles. The van der Waals surface area contributed by atoms with E-state index in [2.05, 4.69) is 17.9 Å². The third-order valence-corrected chi connectivity index (χ3v) is 2.39. The molecule has 1 unspecified atom stereocenters. The van der Waals surface area contributed by atoms with E-state index in [1.807, 2.05) is 18.2 Å². The lowest BCUT2D eigenvalue weighted by molar-refractivity contribution is -0.115. The highest BCUT2D eigenvalue weighted by atomic mass is 32.1. The van der Waals surface area contributed by atoms with Gasteiger partial charge in [-0.25, -0.2) is 0 Å². The molecule has 0 spiro atoms. The summed E-state index contributed by atoms with van der Waals surface area (Å²) in [6.07, 6.45) is 0.448. The van der Waals surface area contributed by atoms with Gasteiger partial charge in [0.1, 0.15) is 0 Å². The monoisotopic (exact) mass is 194 g/mol. The predicted octanol–water partition coefficient (Wildman–Crippen LogP) is 1.07. The van der Waals surface area contributed by atoms with Crippen LogP contribution in [0.4, 0.5) is 5.69 Å². The number of hydrogen-bond acceptors (Lipinski definition) is 3. The molecule has 68 valence electrons. The second-order valence-electron chi connectivity index (χ2n) is 3.09. The largest absolute Gasteiger partial charge is 0.326 e. The van der Waals surface area contributed by atoms with Crippen molar-refractivity contribution in [2.24, 2.45) is 5.73 Å². The van der Waals surface area contributed by atoms with Crippen molar-refractivity contribution in [3.05, 3.63) is 29.3 Å². The summed E-state index contributed by atoms with van der Waals surface area (Å²) in [7, 11) is 0. The van der Waals surface area contributed by atoms with Crippen LogP contribution >= 0.6 is 12.6 Å². The maximum atomic E-state index is 11.0. The quantitative estimate of drug-likeness (QED) is 0.462. The third kappa shape index (κ3) is 1.55. The Labute approximate surface area is 81.7 Å². The molecule has 1 aliphatic rings. The number of fused-ring (bicyclic) bond motifs is 1. The first kappa shape index (κ1) is 8.59. The molecule has 1 amide bonds. The minimum absolute atomic E-state index is 0.0416. The SMILES string of the molecule is NC(S)c1ccc2c(c1)CC(=O)N2. The summed E-state index contributed by atoms with van der Waals surface area (Å²) < 4.78 is 0. The van der Waals surface area contributed by atoms with Crippen molar-refractivity contribution in [1.82, 2.24) is 0 Å². The van der Waals surface area contributed by atoms with Gasteiger partial charge in [0.15, 0.2) is 0 Å². The zero-order valence-corrected chi connectivity index (χ0v) is 7.84. The molecule has 0 bridgehead atoms. The van der Waals surface area contributed by atoms with E-state index in [0.717, 1.165) is 16.8 Å². The highest BCUT2D eigenvalue weighted by Gasteiger charge is 2.17. The predicted molar refractivity (Wildman–Crippen MR) is 54.7 cm³/mol. The Balaban J connectivity index is 2.40. The maximum absolute atomic E-state index is 11.0. The Morgan fingerprint density at radius 1 is 1.54 bits per heavy atom. The first-order valence-corrected chi connectivity index (χ1v) is 4.55. The normalized spacial score (nSPS) is 16.6. The van der Waals surface area contributed by atoms with Crippen LogP contribution in [0.25, 0.3) is 0 Å². The summed E-state index contributed by atoms with van der Waals surface area (Å²) in [4.78, 5) is 11.0. The second kappa shape index (κ2) is 3.05. The zero-order valence-electron chi connectivity index (χ0n) is 6.95. The Bertz CT molecular complexity index is 363. The highest BCUT2D eigenvalue weighted by molar-refractivity contribution is 7.80. The first-order chi connectivity index (χ1) is 6.16. The first-order valence-electron chi connectivity index (χ1n) is 4.03. The standard InChI is InChI=1S/C9H10N2OS/c10-9(13)5-1-2-7-6(3-5)4-8(12)11-7/h1-3,9,13H,4,10H2,(H,11,12). The van der Waals surface area contributed by atoms with Crippen LogP contribution in [0.1, 0.15) is 16.5 Å². The summed E-state index contributed by atoms with van der Waals surface area (Å²) in [6.45, 7) is 0. The van der Waals surface area contributed by atoms with Gasteiger partial charge in [-0.3, -0.25) is 4.79 Å². The van der Waals surface area contributed by atoms with E-state index in [1.54, 1.807) is 0 Å². The number of rotatable bonds is 1. The lowest BCUT2D eigenvalue weighted by Gasteiger charge is -2.06. The van der Waals surface area contributed by atoms with Gasteiger partial charge < -0.3 is 11.1 Å². The minimum Gasteiger partial charge on any atom is -0.326 e. The fourth-order valence-electron chi connectivity index (χ4n) is 1.43. The van der Waals surface area contributed by atoms with Gasteiger partial charge in [-0.1, -0.05) is 12.1 Å². The Hall–Kier alpha value is -1.00. The van der Waals surface area contributed by atoms with E-state index >= 15 is 0 Å². The van der Waals surface area contributed by atoms with Crippen molar-refractivity contribution in [3.8, 4) is 0 Å². The summed E-state index contributed by atoms with van der Waals surface area (Å²) in [5, 5.41) is 2.48. The molecule has 1 heterocycles. The fraction of sp³-hybridized carbons (Fsp3) is 0.222. The van der Waals surface area contributed by atoms with Crippen LogP contribution in [-0.4, -0.2) is 5.91 Å². The van der Waals surface area contributed by atoms with E-state index in [0.29, 0.717) is 6.42 Å². The number of carbonyl (C=O) groups excluding carboxylic acids is 1. The van der Waals surface area contributed by atoms with Crippen molar-refractivity contribution in [2.75, 3.05) is 5.32 Å². The summed E-state index contributed by atoms with van der Waals surface area (Å²) in [5.74, 6) is 0.0416. The van der Waals surface area contributed by atoms with Crippen molar-refractivity contribution in [2.45, 2.75) is 11.8 Å². The van der Waals surface area contributed by atoms with Gasteiger partial charge >= 0.3 is 0 Å². The molecule has 3 nitrogen and oxygen atoms in total. The fourth-order valence-corrected chi connectivity index (χ4v) is 1.59. The minimum atomic E-state index is -0.277. The van der Waals surface area contributed by atoms with Crippen molar-refractivity contribution >= 4 is 24.2 Å². The van der Waals surface area contributed by atoms with Crippen LogP contribution in [0.5, 0.6) is 0 Å². The molecule has 0 aromatic heterocycles. The Kier molecular flexibility index (Phi) is 2.01. The second-order valence-corrected chi connectivity index (χ2v) is 3.64. The molecule has 0 saturated heterocycles. The van der Waals surface area contributed by atoms with Gasteiger partial charge in [-0.05, 0) is 17.2 Å². The molecule has 13 heavy (non-hydrogen) atoms. The van der Waals surface area contributed by atoms with Gasteiger partial charge in [-0.15, -0.1) is 0 Å². The van der Waals surface area contributed by atoms with Crippen LogP contribution in [0, 0.1) is 0 Å². The number of carbonyl (C=O) groups is 1. The molecule has 1 atom stereocenters. The van der Waals surface area contributed by atoms with E-state index in [4.69, 9.17) is 5.73 Å². The van der Waals surface area contributed by atoms with E-state index in [1.165, 1.54) is 0 Å². The smallest absolute Gasteiger partial charge is 0.228 e. The van der Waals surface area contributed by atoms with Crippen LogP contribution in [-0.2, 0) is 11.2 Å². The van der Waals surface area contributed by atoms with Crippen molar-refractivity contribution < 1.29 is 4.79 Å². The van der Waals surface area contributed by atoms with Gasteiger partial charge in [0, 0.05) is 5.69 Å². The van der Waals surface area contributed by atoms with Gasteiger partial charge in [0.2, 0.25) is 5.91 Å². The van der Waals surface area contributed by atoms with Crippen LogP contribution < -0.4 is 11.1 Å². The molecule has 0 saturated carbocycles. The van der Waals surface area contributed by atoms with Crippen LogP contribution in [0.3, 0.4) is 0 Å². The topological polar surface area (TPSA) is 55.1 Å². The number of hydrogen-bond donors (Lipinski definition) is 3. The summed E-state index contributed by atoms with van der Waals surface area (Å²) in [5.41, 5.74) is 8.44.